The molecule has 0 saturated carbocycles. The quantitative estimate of drug-likeness (QED) is 0.620. The Morgan fingerprint density at radius 3 is 3.25 bits per heavy atom. The van der Waals surface area contributed by atoms with Crippen molar-refractivity contribution in [2.45, 2.75) is 13.5 Å². The first-order valence-electron chi connectivity index (χ1n) is 3.60. The zero-order valence-electron chi connectivity index (χ0n) is 6.48. The van der Waals surface area contributed by atoms with Gasteiger partial charge in [-0.1, -0.05) is 5.21 Å². The molecule has 0 spiro atoms. The maximum atomic E-state index is 11.1. The molecule has 6 nitrogen and oxygen atoms in total. The van der Waals surface area contributed by atoms with Crippen molar-refractivity contribution in [3.05, 3.63) is 16.6 Å². The molecule has 0 aliphatic carbocycles. The van der Waals surface area contributed by atoms with Crippen molar-refractivity contribution in [1.29, 1.82) is 0 Å². The number of aromatic amines is 1. The minimum Gasteiger partial charge on any atom is -0.267 e. The van der Waals surface area contributed by atoms with Gasteiger partial charge in [-0.15, -0.1) is 5.10 Å². The third-order valence-corrected chi connectivity index (χ3v) is 1.65. The Labute approximate surface area is 67.2 Å². The molecule has 2 heterocycles. The van der Waals surface area contributed by atoms with E-state index in [9.17, 15) is 4.79 Å². The highest BCUT2D eigenvalue weighted by molar-refractivity contribution is 5.72. The van der Waals surface area contributed by atoms with Crippen LogP contribution in [0.1, 0.15) is 6.92 Å². The lowest BCUT2D eigenvalue weighted by molar-refractivity contribution is 0.668. The van der Waals surface area contributed by atoms with E-state index >= 15 is 0 Å². The summed E-state index contributed by atoms with van der Waals surface area (Å²) in [6.07, 6.45) is 1.49. The molecule has 0 bridgehead atoms. The zero-order chi connectivity index (χ0) is 8.55. The highest BCUT2D eigenvalue weighted by atomic mass is 16.1. The van der Waals surface area contributed by atoms with Gasteiger partial charge in [0, 0.05) is 6.54 Å². The van der Waals surface area contributed by atoms with Gasteiger partial charge in [-0.25, -0.2) is 9.78 Å². The maximum Gasteiger partial charge on any atom is 0.278 e. The Morgan fingerprint density at radius 2 is 2.50 bits per heavy atom. The van der Waals surface area contributed by atoms with Gasteiger partial charge in [0.05, 0.1) is 6.20 Å². The van der Waals surface area contributed by atoms with Gasteiger partial charge in [0.1, 0.15) is 5.39 Å². The molecule has 1 N–H and O–H groups in total. The molecule has 0 aromatic carbocycles. The maximum absolute atomic E-state index is 11.1. The normalized spacial score (nSPS) is 10.8. The van der Waals surface area contributed by atoms with Crippen molar-refractivity contribution in [3.8, 4) is 0 Å². The van der Waals surface area contributed by atoms with Crippen LogP contribution in [0.3, 0.4) is 0 Å². The molecule has 62 valence electrons. The number of aromatic nitrogens is 5. The molecule has 0 amide bonds. The minimum absolute atomic E-state index is 0.250. The molecule has 0 unspecified atom stereocenters. The highest BCUT2D eigenvalue weighted by Crippen LogP contribution is 2.01. The minimum atomic E-state index is -0.250. The fraction of sp³-hybridized carbons (Fsp3) is 0.333. The second-order valence-corrected chi connectivity index (χ2v) is 2.34. The summed E-state index contributed by atoms with van der Waals surface area (Å²) in [7, 11) is 0. The summed E-state index contributed by atoms with van der Waals surface area (Å²) in [4.78, 5) is 11.1. The van der Waals surface area contributed by atoms with Crippen LogP contribution in [0, 0.1) is 0 Å². The van der Waals surface area contributed by atoms with E-state index < -0.39 is 0 Å². The van der Waals surface area contributed by atoms with Gasteiger partial charge < -0.3 is 0 Å². The van der Waals surface area contributed by atoms with Gasteiger partial charge in [0.2, 0.25) is 0 Å². The summed E-state index contributed by atoms with van der Waals surface area (Å²) in [5, 5.41) is 13.9. The van der Waals surface area contributed by atoms with Crippen LogP contribution in [0.4, 0.5) is 0 Å². The average molecular weight is 165 g/mol. The number of H-pyrrole nitrogens is 1. The van der Waals surface area contributed by atoms with Crippen molar-refractivity contribution in [2.75, 3.05) is 0 Å². The third-order valence-electron chi connectivity index (χ3n) is 1.65. The summed E-state index contributed by atoms with van der Waals surface area (Å²) in [6.45, 7) is 2.61. The van der Waals surface area contributed by atoms with Gasteiger partial charge >= 0.3 is 0 Å². The molecule has 2 aromatic heterocycles. The van der Waals surface area contributed by atoms with E-state index in [0.717, 1.165) is 0 Å². The van der Waals surface area contributed by atoms with E-state index in [1.165, 1.54) is 6.20 Å². The van der Waals surface area contributed by atoms with Crippen LogP contribution >= 0.6 is 0 Å². The number of nitrogens with one attached hydrogen (secondary N) is 1. The van der Waals surface area contributed by atoms with Crippen LogP contribution < -0.4 is 5.56 Å². The number of rotatable bonds is 1. The summed E-state index contributed by atoms with van der Waals surface area (Å²) in [6, 6.07) is 0. The standard InChI is InChI=1S/C6H7N5O/c1-2-11-5-4(3-7-11)6(12)9-10-8-5/h3H,2H2,1H3,(H,8,9,12). The van der Waals surface area contributed by atoms with Gasteiger partial charge in [0.25, 0.3) is 5.56 Å². The Hall–Kier alpha value is -1.72. The largest absolute Gasteiger partial charge is 0.278 e. The lowest BCUT2D eigenvalue weighted by atomic mass is 10.4. The van der Waals surface area contributed by atoms with Crippen LogP contribution in [-0.4, -0.2) is 25.2 Å². The molecule has 12 heavy (non-hydrogen) atoms. The first-order chi connectivity index (χ1) is 5.83. The lowest BCUT2D eigenvalue weighted by Crippen LogP contribution is -2.10. The number of hydrogen-bond donors (Lipinski definition) is 1. The number of aryl methyl sites for hydroxylation is 1. The molecule has 0 aliphatic heterocycles. The first-order valence-corrected chi connectivity index (χ1v) is 3.60. The molecular formula is C6H7N5O. The molecule has 2 aromatic rings. The molecule has 0 saturated heterocycles. The topological polar surface area (TPSA) is 76.5 Å². The molecule has 0 atom stereocenters. The summed E-state index contributed by atoms with van der Waals surface area (Å²) in [5.74, 6) is 0. The average Bonchev–Trinajstić information content (AvgIpc) is 2.49. The number of fused-ring (bicyclic) bond motifs is 1. The smallest absolute Gasteiger partial charge is 0.267 e. The van der Waals surface area contributed by atoms with Crippen LogP contribution in [0.5, 0.6) is 0 Å². The first kappa shape index (κ1) is 6.96. The monoisotopic (exact) mass is 165 g/mol. The highest BCUT2D eigenvalue weighted by Gasteiger charge is 2.05. The van der Waals surface area contributed by atoms with Crippen molar-refractivity contribution in [2.24, 2.45) is 0 Å². The molecule has 6 heteroatoms. The molecular weight excluding hydrogens is 158 g/mol. The summed E-state index contributed by atoms with van der Waals surface area (Å²) in [5.41, 5.74) is 0.279. The Kier molecular flexibility index (Phi) is 1.39. The summed E-state index contributed by atoms with van der Waals surface area (Å²) >= 11 is 0. The van der Waals surface area contributed by atoms with Crippen molar-refractivity contribution >= 4 is 11.0 Å². The molecule has 0 radical (unpaired) electrons. The van der Waals surface area contributed by atoms with Gasteiger partial charge in [-0.3, -0.25) is 4.79 Å². The fourth-order valence-corrected chi connectivity index (χ4v) is 1.05. The second kappa shape index (κ2) is 2.40. The van der Waals surface area contributed by atoms with Crippen LogP contribution in [-0.2, 0) is 6.54 Å². The van der Waals surface area contributed by atoms with Crippen LogP contribution in [0.15, 0.2) is 11.0 Å². The summed E-state index contributed by atoms with van der Waals surface area (Å²) < 4.78 is 1.62. The number of hydrogen-bond acceptors (Lipinski definition) is 4. The molecule has 0 aliphatic rings. The second-order valence-electron chi connectivity index (χ2n) is 2.34. The van der Waals surface area contributed by atoms with E-state index in [-0.39, 0.29) is 5.56 Å². The van der Waals surface area contributed by atoms with E-state index in [4.69, 9.17) is 0 Å². The van der Waals surface area contributed by atoms with E-state index in [1.807, 2.05) is 6.92 Å². The van der Waals surface area contributed by atoms with Gasteiger partial charge in [-0.2, -0.15) is 5.10 Å². The van der Waals surface area contributed by atoms with Gasteiger partial charge in [0.15, 0.2) is 5.65 Å². The van der Waals surface area contributed by atoms with Crippen molar-refractivity contribution in [1.82, 2.24) is 25.2 Å². The Morgan fingerprint density at radius 1 is 1.67 bits per heavy atom. The third kappa shape index (κ3) is 0.810. The molecule has 0 fully saturated rings. The SMILES string of the molecule is CCn1ncc2c(=O)[nH]nnc21. The van der Waals surface area contributed by atoms with E-state index in [2.05, 4.69) is 20.5 Å². The van der Waals surface area contributed by atoms with E-state index in [1.54, 1.807) is 4.68 Å². The van der Waals surface area contributed by atoms with Crippen LogP contribution in [0.25, 0.3) is 11.0 Å². The van der Waals surface area contributed by atoms with Crippen LogP contribution in [0.2, 0.25) is 0 Å². The Bertz CT molecular complexity index is 456. The number of nitrogens with zero attached hydrogens (tertiary/aromatic N) is 4. The predicted octanol–water partition coefficient (Wildman–Crippen LogP) is -0.466. The molecule has 2 rings (SSSR count). The zero-order valence-corrected chi connectivity index (χ0v) is 6.48. The fourth-order valence-electron chi connectivity index (χ4n) is 1.05. The Balaban J connectivity index is 2.89. The van der Waals surface area contributed by atoms with Crippen molar-refractivity contribution < 1.29 is 0 Å². The van der Waals surface area contributed by atoms with Gasteiger partial charge in [-0.05, 0) is 6.92 Å². The predicted molar refractivity (Wildman–Crippen MR) is 41.6 cm³/mol. The van der Waals surface area contributed by atoms with E-state index in [0.29, 0.717) is 17.6 Å². The lowest BCUT2D eigenvalue weighted by Gasteiger charge is -1.93. The van der Waals surface area contributed by atoms with Crippen molar-refractivity contribution in [3.63, 3.8) is 0 Å².